The molecule has 0 fully saturated rings. The van der Waals surface area contributed by atoms with Gasteiger partial charge in [-0.05, 0) is 30.9 Å². The van der Waals surface area contributed by atoms with Crippen LogP contribution in [0.5, 0.6) is 0 Å². The summed E-state index contributed by atoms with van der Waals surface area (Å²) >= 11 is 0. The maximum Gasteiger partial charge on any atom is 0.390 e. The zero-order valence-corrected chi connectivity index (χ0v) is 12.1. The molecule has 0 aliphatic rings. The Bertz CT molecular complexity index is 723. The number of nitro groups is 1. The zero-order chi connectivity index (χ0) is 16.1. The van der Waals surface area contributed by atoms with E-state index < -0.39 is 4.92 Å². The van der Waals surface area contributed by atoms with Gasteiger partial charge in [-0.15, -0.1) is 0 Å². The standard InChI is InChI=1S/C13H14N6O3/c1-9(8-18-10(2)6-12(17-18)19(21)22)15-16-13(20)11-4-3-5-14-7-11/h3-7H,8H2,1-2H3,(H,16,20). The molecule has 0 saturated heterocycles. The predicted octanol–water partition coefficient (Wildman–Crippen LogP) is 1.30. The van der Waals surface area contributed by atoms with E-state index in [0.29, 0.717) is 17.0 Å². The second-order valence-electron chi connectivity index (χ2n) is 4.59. The first-order valence-corrected chi connectivity index (χ1v) is 6.39. The van der Waals surface area contributed by atoms with Crippen molar-refractivity contribution in [2.75, 3.05) is 0 Å². The van der Waals surface area contributed by atoms with Crippen LogP contribution in [0.15, 0.2) is 35.7 Å². The molecule has 1 N–H and O–H groups in total. The van der Waals surface area contributed by atoms with Crippen LogP contribution >= 0.6 is 0 Å². The molecular formula is C13H14N6O3. The smallest absolute Gasteiger partial charge is 0.358 e. The van der Waals surface area contributed by atoms with Crippen molar-refractivity contribution in [3.63, 3.8) is 0 Å². The van der Waals surface area contributed by atoms with Gasteiger partial charge in [0.2, 0.25) is 0 Å². The van der Waals surface area contributed by atoms with Gasteiger partial charge < -0.3 is 10.1 Å². The van der Waals surface area contributed by atoms with Crippen LogP contribution in [0.1, 0.15) is 23.0 Å². The van der Waals surface area contributed by atoms with E-state index in [9.17, 15) is 14.9 Å². The Morgan fingerprint density at radius 2 is 2.32 bits per heavy atom. The molecule has 1 amide bonds. The maximum absolute atomic E-state index is 11.8. The molecular weight excluding hydrogens is 288 g/mol. The van der Waals surface area contributed by atoms with Crippen LogP contribution in [0, 0.1) is 17.0 Å². The molecule has 0 radical (unpaired) electrons. The number of hydrogen-bond acceptors (Lipinski definition) is 6. The minimum Gasteiger partial charge on any atom is -0.358 e. The molecule has 0 unspecified atom stereocenters. The highest BCUT2D eigenvalue weighted by Gasteiger charge is 2.15. The molecule has 9 heteroatoms. The van der Waals surface area contributed by atoms with E-state index in [0.717, 1.165) is 0 Å². The van der Waals surface area contributed by atoms with Crippen LogP contribution in [0.25, 0.3) is 0 Å². The molecule has 2 aromatic rings. The van der Waals surface area contributed by atoms with Gasteiger partial charge in [-0.25, -0.2) is 5.43 Å². The number of amides is 1. The van der Waals surface area contributed by atoms with E-state index >= 15 is 0 Å². The van der Waals surface area contributed by atoms with Crippen molar-refractivity contribution in [2.24, 2.45) is 5.10 Å². The molecule has 0 aromatic carbocycles. The fourth-order valence-corrected chi connectivity index (χ4v) is 1.70. The van der Waals surface area contributed by atoms with E-state index in [2.05, 4.69) is 20.6 Å². The highest BCUT2D eigenvalue weighted by atomic mass is 16.6. The minimum absolute atomic E-state index is 0.218. The molecule has 2 heterocycles. The largest absolute Gasteiger partial charge is 0.390 e. The third-order valence-corrected chi connectivity index (χ3v) is 2.81. The first kappa shape index (κ1) is 15.3. The number of aromatic nitrogens is 3. The van der Waals surface area contributed by atoms with Gasteiger partial charge >= 0.3 is 5.82 Å². The molecule has 0 saturated carbocycles. The van der Waals surface area contributed by atoms with Gasteiger partial charge in [0.15, 0.2) is 0 Å². The van der Waals surface area contributed by atoms with Crippen LogP contribution in [-0.4, -0.2) is 31.3 Å². The average molecular weight is 302 g/mol. The summed E-state index contributed by atoms with van der Waals surface area (Å²) in [6, 6.07) is 4.65. The lowest BCUT2D eigenvalue weighted by atomic mass is 10.3. The van der Waals surface area contributed by atoms with E-state index in [1.54, 1.807) is 32.2 Å². The molecule has 22 heavy (non-hydrogen) atoms. The second kappa shape index (κ2) is 6.57. The van der Waals surface area contributed by atoms with Crippen molar-refractivity contribution < 1.29 is 9.72 Å². The number of rotatable bonds is 5. The van der Waals surface area contributed by atoms with Gasteiger partial charge in [-0.2, -0.15) is 9.78 Å². The van der Waals surface area contributed by atoms with Crippen molar-refractivity contribution in [1.82, 2.24) is 20.2 Å². The Morgan fingerprint density at radius 3 is 2.91 bits per heavy atom. The number of pyridine rings is 1. The lowest BCUT2D eigenvalue weighted by Gasteiger charge is -2.02. The molecule has 9 nitrogen and oxygen atoms in total. The van der Waals surface area contributed by atoms with E-state index in [1.165, 1.54) is 16.9 Å². The quantitative estimate of drug-likeness (QED) is 0.507. The molecule has 114 valence electrons. The lowest BCUT2D eigenvalue weighted by Crippen LogP contribution is -2.21. The first-order chi connectivity index (χ1) is 10.5. The summed E-state index contributed by atoms with van der Waals surface area (Å²) < 4.78 is 1.45. The molecule has 2 rings (SSSR count). The Kier molecular flexibility index (Phi) is 4.57. The Hall–Kier alpha value is -3.10. The van der Waals surface area contributed by atoms with Crippen LogP contribution in [0.2, 0.25) is 0 Å². The SMILES string of the molecule is CC(Cn1nc([N+](=O)[O-])cc1C)=NNC(=O)c1cccnc1. The van der Waals surface area contributed by atoms with Crippen LogP contribution in [-0.2, 0) is 6.54 Å². The normalized spacial score (nSPS) is 11.3. The predicted molar refractivity (Wildman–Crippen MR) is 78.4 cm³/mol. The summed E-state index contributed by atoms with van der Waals surface area (Å²) in [5, 5.41) is 18.5. The third kappa shape index (κ3) is 3.72. The van der Waals surface area contributed by atoms with Crippen LogP contribution < -0.4 is 5.43 Å². The third-order valence-electron chi connectivity index (χ3n) is 2.81. The van der Waals surface area contributed by atoms with Gasteiger partial charge in [-0.3, -0.25) is 9.78 Å². The fourth-order valence-electron chi connectivity index (χ4n) is 1.70. The van der Waals surface area contributed by atoms with Gasteiger partial charge in [0.25, 0.3) is 5.91 Å². The van der Waals surface area contributed by atoms with Crippen molar-refractivity contribution in [1.29, 1.82) is 0 Å². The number of carbonyl (C=O) groups excluding carboxylic acids is 1. The van der Waals surface area contributed by atoms with Crippen molar-refractivity contribution >= 4 is 17.4 Å². The van der Waals surface area contributed by atoms with E-state index in [-0.39, 0.29) is 18.3 Å². The fraction of sp³-hybridized carbons (Fsp3) is 0.231. The lowest BCUT2D eigenvalue weighted by molar-refractivity contribution is -0.389. The highest BCUT2D eigenvalue weighted by Crippen LogP contribution is 2.10. The second-order valence-corrected chi connectivity index (χ2v) is 4.59. The van der Waals surface area contributed by atoms with Crippen molar-refractivity contribution in [3.05, 3.63) is 52.0 Å². The van der Waals surface area contributed by atoms with E-state index in [4.69, 9.17) is 0 Å². The number of aryl methyl sites for hydroxylation is 1. The summed E-state index contributed by atoms with van der Waals surface area (Å²) in [4.78, 5) is 25.7. The summed E-state index contributed by atoms with van der Waals surface area (Å²) in [5.74, 6) is -0.597. The Morgan fingerprint density at radius 1 is 1.55 bits per heavy atom. The van der Waals surface area contributed by atoms with Crippen LogP contribution in [0.3, 0.4) is 0 Å². The highest BCUT2D eigenvalue weighted by molar-refractivity contribution is 5.94. The summed E-state index contributed by atoms with van der Waals surface area (Å²) in [5.41, 5.74) is 3.99. The van der Waals surface area contributed by atoms with Crippen molar-refractivity contribution in [2.45, 2.75) is 20.4 Å². The number of nitrogens with one attached hydrogen (secondary N) is 1. The maximum atomic E-state index is 11.8. The Balaban J connectivity index is 2.01. The molecule has 0 spiro atoms. The first-order valence-electron chi connectivity index (χ1n) is 6.39. The number of hydrogen-bond donors (Lipinski definition) is 1. The zero-order valence-electron chi connectivity index (χ0n) is 12.1. The summed E-state index contributed by atoms with van der Waals surface area (Å²) in [6.45, 7) is 3.64. The molecule has 0 aliphatic heterocycles. The Labute approximate surface area is 125 Å². The average Bonchev–Trinajstić information content (AvgIpc) is 2.87. The molecule has 0 atom stereocenters. The number of hydrazone groups is 1. The molecule has 0 aliphatic carbocycles. The van der Waals surface area contributed by atoms with Crippen LogP contribution in [0.4, 0.5) is 5.82 Å². The summed E-state index contributed by atoms with van der Waals surface area (Å²) in [7, 11) is 0. The van der Waals surface area contributed by atoms with Crippen molar-refractivity contribution in [3.8, 4) is 0 Å². The van der Waals surface area contributed by atoms with Gasteiger partial charge in [0, 0.05) is 12.4 Å². The molecule has 2 aromatic heterocycles. The number of carbonyl (C=O) groups is 1. The van der Waals surface area contributed by atoms with Gasteiger partial charge in [0.1, 0.15) is 6.54 Å². The van der Waals surface area contributed by atoms with Gasteiger partial charge in [-0.1, -0.05) is 0 Å². The topological polar surface area (TPSA) is 115 Å². The minimum atomic E-state index is -0.555. The number of nitrogens with zero attached hydrogens (tertiary/aromatic N) is 5. The summed E-state index contributed by atoms with van der Waals surface area (Å²) in [6.07, 6.45) is 3.00. The molecule has 0 bridgehead atoms. The van der Waals surface area contributed by atoms with Gasteiger partial charge in [0.05, 0.1) is 28.1 Å². The van der Waals surface area contributed by atoms with E-state index in [1.807, 2.05) is 0 Å². The monoisotopic (exact) mass is 302 g/mol.